The van der Waals surface area contributed by atoms with Crippen molar-refractivity contribution in [3.05, 3.63) is 90.5 Å². The van der Waals surface area contributed by atoms with Gasteiger partial charge in [0.2, 0.25) is 5.91 Å². The summed E-state index contributed by atoms with van der Waals surface area (Å²) in [7, 11) is 0. The molecule has 1 amide bonds. The number of carbonyl (C=O) groups is 1. The second kappa shape index (κ2) is 9.34. The Balaban J connectivity index is 1.75. The highest BCUT2D eigenvalue weighted by atomic mass is 16.2. The predicted molar refractivity (Wildman–Crippen MR) is 117 cm³/mol. The summed E-state index contributed by atoms with van der Waals surface area (Å²) in [4.78, 5) is 12.9. The first-order valence-electron chi connectivity index (χ1n) is 9.82. The van der Waals surface area contributed by atoms with Gasteiger partial charge >= 0.3 is 0 Å². The summed E-state index contributed by atoms with van der Waals surface area (Å²) >= 11 is 0. The SMILES string of the molecule is CC(C)[C@H](N[C@@H](C)C(=O)Nc1ccccc1-c1ccccc1)c1ccccc1. The summed E-state index contributed by atoms with van der Waals surface area (Å²) in [5.74, 6) is 0.333. The molecule has 0 aliphatic carbocycles. The van der Waals surface area contributed by atoms with E-state index in [2.05, 4.69) is 48.7 Å². The molecule has 0 radical (unpaired) electrons. The number of amides is 1. The third-order valence-electron chi connectivity index (χ3n) is 4.92. The number of carbonyl (C=O) groups excluding carboxylic acids is 1. The van der Waals surface area contributed by atoms with E-state index in [0.717, 1.165) is 16.8 Å². The van der Waals surface area contributed by atoms with Crippen LogP contribution in [-0.4, -0.2) is 11.9 Å². The molecule has 0 aliphatic heterocycles. The van der Waals surface area contributed by atoms with Gasteiger partial charge in [-0.15, -0.1) is 0 Å². The van der Waals surface area contributed by atoms with Crippen LogP contribution in [0.5, 0.6) is 0 Å². The fourth-order valence-corrected chi connectivity index (χ4v) is 3.38. The number of nitrogens with one attached hydrogen (secondary N) is 2. The lowest BCUT2D eigenvalue weighted by atomic mass is 9.95. The predicted octanol–water partition coefficient (Wildman–Crippen LogP) is 5.67. The maximum absolute atomic E-state index is 12.9. The first kappa shape index (κ1) is 19.8. The van der Waals surface area contributed by atoms with Gasteiger partial charge in [0, 0.05) is 17.3 Å². The molecule has 0 spiro atoms. The first-order valence-corrected chi connectivity index (χ1v) is 9.82. The third kappa shape index (κ3) is 4.87. The normalized spacial score (nSPS) is 13.1. The average molecular weight is 373 g/mol. The van der Waals surface area contributed by atoms with Crippen LogP contribution in [0.15, 0.2) is 84.9 Å². The maximum atomic E-state index is 12.9. The molecule has 0 aliphatic rings. The number of hydrogen-bond acceptors (Lipinski definition) is 2. The van der Waals surface area contributed by atoms with Gasteiger partial charge in [-0.25, -0.2) is 0 Å². The molecule has 0 unspecified atom stereocenters. The van der Waals surface area contributed by atoms with Gasteiger partial charge in [0.25, 0.3) is 0 Å². The topological polar surface area (TPSA) is 41.1 Å². The third-order valence-corrected chi connectivity index (χ3v) is 4.92. The van der Waals surface area contributed by atoms with Crippen LogP contribution in [0.4, 0.5) is 5.69 Å². The molecule has 0 saturated carbocycles. The number of hydrogen-bond donors (Lipinski definition) is 2. The second-order valence-electron chi connectivity index (χ2n) is 7.42. The van der Waals surface area contributed by atoms with Crippen molar-refractivity contribution >= 4 is 11.6 Å². The number of anilines is 1. The minimum Gasteiger partial charge on any atom is -0.324 e. The largest absolute Gasteiger partial charge is 0.324 e. The Hall–Kier alpha value is -2.91. The van der Waals surface area contributed by atoms with Crippen molar-refractivity contribution in [1.82, 2.24) is 5.32 Å². The van der Waals surface area contributed by atoms with Crippen molar-refractivity contribution in [3.8, 4) is 11.1 Å². The van der Waals surface area contributed by atoms with Gasteiger partial charge < -0.3 is 5.32 Å². The fourth-order valence-electron chi connectivity index (χ4n) is 3.38. The van der Waals surface area contributed by atoms with Gasteiger partial charge in [-0.1, -0.05) is 92.7 Å². The zero-order chi connectivity index (χ0) is 19.9. The molecule has 2 atom stereocenters. The van der Waals surface area contributed by atoms with Crippen LogP contribution in [0.1, 0.15) is 32.4 Å². The zero-order valence-corrected chi connectivity index (χ0v) is 16.7. The minimum absolute atomic E-state index is 0.0371. The second-order valence-corrected chi connectivity index (χ2v) is 7.42. The van der Waals surface area contributed by atoms with Gasteiger partial charge in [-0.05, 0) is 30.0 Å². The summed E-state index contributed by atoms with van der Waals surface area (Å²) < 4.78 is 0. The van der Waals surface area contributed by atoms with Crippen LogP contribution in [-0.2, 0) is 4.79 Å². The molecule has 3 aromatic rings. The zero-order valence-electron chi connectivity index (χ0n) is 16.7. The molecule has 28 heavy (non-hydrogen) atoms. The first-order chi connectivity index (χ1) is 13.6. The summed E-state index contributed by atoms with van der Waals surface area (Å²) in [5.41, 5.74) is 4.13. The summed E-state index contributed by atoms with van der Waals surface area (Å²) in [6.07, 6.45) is 0. The average Bonchev–Trinajstić information content (AvgIpc) is 2.73. The fraction of sp³-hybridized carbons (Fsp3) is 0.240. The quantitative estimate of drug-likeness (QED) is 0.561. The van der Waals surface area contributed by atoms with E-state index in [0.29, 0.717) is 5.92 Å². The van der Waals surface area contributed by atoms with Crippen LogP contribution in [0.2, 0.25) is 0 Å². The maximum Gasteiger partial charge on any atom is 0.241 e. The molecule has 0 fully saturated rings. The Morgan fingerprint density at radius 1 is 0.750 bits per heavy atom. The highest BCUT2D eigenvalue weighted by Gasteiger charge is 2.22. The van der Waals surface area contributed by atoms with E-state index in [1.165, 1.54) is 5.56 Å². The smallest absolute Gasteiger partial charge is 0.241 e. The molecule has 3 rings (SSSR count). The van der Waals surface area contributed by atoms with Gasteiger partial charge in [-0.2, -0.15) is 0 Å². The van der Waals surface area contributed by atoms with Crippen molar-refractivity contribution in [1.29, 1.82) is 0 Å². The highest BCUT2D eigenvalue weighted by molar-refractivity contribution is 5.98. The molecular weight excluding hydrogens is 344 g/mol. The summed E-state index contributed by atoms with van der Waals surface area (Å²) in [6.45, 7) is 6.25. The van der Waals surface area contributed by atoms with Crippen LogP contribution < -0.4 is 10.6 Å². The van der Waals surface area contributed by atoms with E-state index in [1.54, 1.807) is 0 Å². The van der Waals surface area contributed by atoms with E-state index in [9.17, 15) is 4.79 Å². The molecule has 3 nitrogen and oxygen atoms in total. The monoisotopic (exact) mass is 372 g/mol. The van der Waals surface area contributed by atoms with E-state index in [-0.39, 0.29) is 18.0 Å². The Labute approximate surface area is 167 Å². The Morgan fingerprint density at radius 3 is 1.96 bits per heavy atom. The lowest BCUT2D eigenvalue weighted by molar-refractivity contribution is -0.118. The number of rotatable bonds is 7. The number of benzene rings is 3. The lowest BCUT2D eigenvalue weighted by Crippen LogP contribution is -2.41. The van der Waals surface area contributed by atoms with Crippen molar-refractivity contribution in [2.24, 2.45) is 5.92 Å². The van der Waals surface area contributed by atoms with Gasteiger partial charge in [-0.3, -0.25) is 10.1 Å². The van der Waals surface area contributed by atoms with E-state index in [1.807, 2.05) is 67.6 Å². The Kier molecular flexibility index (Phi) is 6.62. The van der Waals surface area contributed by atoms with E-state index in [4.69, 9.17) is 0 Å². The molecule has 0 bridgehead atoms. The molecule has 3 heteroatoms. The molecule has 144 valence electrons. The van der Waals surface area contributed by atoms with Gasteiger partial charge in [0.15, 0.2) is 0 Å². The summed E-state index contributed by atoms with van der Waals surface area (Å²) in [5, 5.41) is 6.60. The van der Waals surface area contributed by atoms with Crippen LogP contribution >= 0.6 is 0 Å². The standard InChI is InChI=1S/C25H28N2O/c1-18(2)24(21-14-8-5-9-15-21)26-19(3)25(28)27-23-17-11-10-16-22(23)20-12-6-4-7-13-20/h4-19,24,26H,1-3H3,(H,27,28)/t19-,24-/m0/s1. The molecule has 2 N–H and O–H groups in total. The Morgan fingerprint density at radius 2 is 1.32 bits per heavy atom. The molecule has 0 heterocycles. The highest BCUT2D eigenvalue weighted by Crippen LogP contribution is 2.28. The van der Waals surface area contributed by atoms with Crippen molar-refractivity contribution in [3.63, 3.8) is 0 Å². The molecule has 0 saturated heterocycles. The Bertz CT molecular complexity index is 891. The van der Waals surface area contributed by atoms with Crippen molar-refractivity contribution in [2.45, 2.75) is 32.9 Å². The molecule has 0 aromatic heterocycles. The lowest BCUT2D eigenvalue weighted by Gasteiger charge is -2.26. The molecular formula is C25H28N2O. The van der Waals surface area contributed by atoms with Gasteiger partial charge in [0.05, 0.1) is 6.04 Å². The number of para-hydroxylation sites is 1. The van der Waals surface area contributed by atoms with Gasteiger partial charge in [0.1, 0.15) is 0 Å². The van der Waals surface area contributed by atoms with Crippen LogP contribution in [0.25, 0.3) is 11.1 Å². The van der Waals surface area contributed by atoms with Crippen molar-refractivity contribution in [2.75, 3.05) is 5.32 Å². The van der Waals surface area contributed by atoms with Crippen molar-refractivity contribution < 1.29 is 4.79 Å². The minimum atomic E-state index is -0.323. The van der Waals surface area contributed by atoms with Crippen LogP contribution in [0.3, 0.4) is 0 Å². The van der Waals surface area contributed by atoms with E-state index >= 15 is 0 Å². The van der Waals surface area contributed by atoms with E-state index < -0.39 is 0 Å². The van der Waals surface area contributed by atoms with Crippen LogP contribution in [0, 0.1) is 5.92 Å². The summed E-state index contributed by atoms with van der Waals surface area (Å²) in [6, 6.07) is 28.1. The molecule has 3 aromatic carbocycles.